The number of halogens is 2. The van der Waals surface area contributed by atoms with Gasteiger partial charge in [-0.2, -0.15) is 0 Å². The lowest BCUT2D eigenvalue weighted by Gasteiger charge is -2.27. The highest BCUT2D eigenvalue weighted by Crippen LogP contribution is 2.34. The number of anilines is 2. The van der Waals surface area contributed by atoms with Crippen molar-refractivity contribution >= 4 is 69.5 Å². The molecule has 69 heavy (non-hydrogen) atoms. The molecule has 16 nitrogen and oxygen atoms in total. The fraction of sp³-hybridized carbons (Fsp3) is 0.451. The largest absolute Gasteiger partial charge is 0.372 e. The molecule has 4 aromatic rings. The maximum Gasteiger partial charge on any atom is 0.268 e. The van der Waals surface area contributed by atoms with Gasteiger partial charge in [0.1, 0.15) is 23.4 Å². The molecule has 18 heteroatoms. The number of fused-ring (bicyclic) bond motifs is 2. The molecular weight excluding hydrogens is 893 g/mol. The summed E-state index contributed by atoms with van der Waals surface area (Å²) in [6.45, 7) is 0.332. The molecule has 6 N–H and O–H groups in total. The van der Waals surface area contributed by atoms with Crippen molar-refractivity contribution in [1.29, 1.82) is 0 Å². The van der Waals surface area contributed by atoms with Crippen LogP contribution in [0.2, 0.25) is 0 Å². The van der Waals surface area contributed by atoms with E-state index < -0.39 is 58.7 Å². The molecule has 3 aromatic carbocycles. The summed E-state index contributed by atoms with van der Waals surface area (Å²) in [6.07, 6.45) is 15.1. The first-order valence-corrected chi connectivity index (χ1v) is 24.1. The third-order valence-electron chi connectivity index (χ3n) is 13.1. The van der Waals surface area contributed by atoms with Crippen LogP contribution in [0.5, 0.6) is 0 Å². The second-order valence-electron chi connectivity index (χ2n) is 18.2. The quantitative estimate of drug-likeness (QED) is 0.0245. The fourth-order valence-electron chi connectivity index (χ4n) is 9.28. The van der Waals surface area contributed by atoms with Crippen LogP contribution in [0.4, 0.5) is 20.2 Å². The summed E-state index contributed by atoms with van der Waals surface area (Å²) < 4.78 is 27.1. The number of rotatable bonds is 24. The Morgan fingerprint density at radius 2 is 1.41 bits per heavy atom. The van der Waals surface area contributed by atoms with Crippen LogP contribution in [-0.4, -0.2) is 87.0 Å². The zero-order valence-electron chi connectivity index (χ0n) is 38.6. The fourth-order valence-corrected chi connectivity index (χ4v) is 9.28. The Kier molecular flexibility index (Phi) is 16.7. The van der Waals surface area contributed by atoms with Crippen molar-refractivity contribution in [3.05, 3.63) is 94.7 Å². The Bertz CT molecular complexity index is 2600. The van der Waals surface area contributed by atoms with Crippen LogP contribution in [-0.2, 0) is 30.5 Å². The minimum atomic E-state index is -2.34. The molecule has 0 spiro atoms. The molecule has 8 amide bonds. The van der Waals surface area contributed by atoms with Crippen molar-refractivity contribution in [2.75, 3.05) is 23.3 Å². The molecule has 4 heterocycles. The second-order valence-corrected chi connectivity index (χ2v) is 18.2. The summed E-state index contributed by atoms with van der Waals surface area (Å²) in [5, 5.41) is 22.0. The number of H-pyrrole nitrogens is 1. The standard InChI is InChI=1S/C51H59F2N7O9/c52-34-26-32(27-35(53)30-34)31-55-49(67)51(69)23-25-59(50(51)68)36-19-20-38-33(28-36)29-40(56-38)45(63)54-24-14-12-10-8-6-4-2-1-3-5-7-9-11-13-18-42(61)57-39-17-15-16-37-44(39)48(66)60(47(37)65)41-21-22-43(62)58-46(41)64/h15-17,19-20,26-30,41,56,69H,1-14,18,21-25,31H2,(H,54,63)(H,55,67)(H,57,61)(H,58,62,64)/t41?,51-/m0/s1. The summed E-state index contributed by atoms with van der Waals surface area (Å²) in [6, 6.07) is 13.2. The van der Waals surface area contributed by atoms with E-state index in [1.54, 1.807) is 36.4 Å². The summed E-state index contributed by atoms with van der Waals surface area (Å²) in [5.41, 5.74) is -0.268. The van der Waals surface area contributed by atoms with E-state index in [4.69, 9.17) is 0 Å². The van der Waals surface area contributed by atoms with Crippen molar-refractivity contribution in [3.63, 3.8) is 0 Å². The number of unbranched alkanes of at least 4 members (excludes halogenated alkanes) is 13. The third kappa shape index (κ3) is 12.3. The first-order chi connectivity index (χ1) is 33.2. The lowest BCUT2D eigenvalue weighted by atomic mass is 10.0. The lowest BCUT2D eigenvalue weighted by Crippen LogP contribution is -2.54. The van der Waals surface area contributed by atoms with Crippen LogP contribution in [0.3, 0.4) is 0 Å². The molecule has 2 fully saturated rings. The SMILES string of the molecule is O=C1CCC(N2C(=O)c3cccc(NC(=O)CCCCCCCCCCCCCCCCNC(=O)c4cc5cc(N6CC[C@](O)(C(=O)NCc7cc(F)cc(F)c7)C6=O)ccc5[nH]4)c3C2=O)C(=O)N1. The number of nitrogens with zero attached hydrogens (tertiary/aromatic N) is 2. The highest BCUT2D eigenvalue weighted by Gasteiger charge is 2.52. The Hall–Kier alpha value is -6.82. The van der Waals surface area contributed by atoms with Gasteiger partial charge in [0.25, 0.3) is 29.5 Å². The maximum atomic E-state index is 13.6. The molecule has 366 valence electrons. The van der Waals surface area contributed by atoms with Gasteiger partial charge in [0.05, 0.1) is 16.8 Å². The Balaban J connectivity index is 0.691. The molecule has 3 aliphatic rings. The van der Waals surface area contributed by atoms with Crippen molar-refractivity contribution < 1.29 is 52.2 Å². The van der Waals surface area contributed by atoms with E-state index in [9.17, 15) is 52.2 Å². The van der Waals surface area contributed by atoms with Gasteiger partial charge >= 0.3 is 0 Å². The van der Waals surface area contributed by atoms with Crippen LogP contribution in [0, 0.1) is 11.6 Å². The highest BCUT2D eigenvalue weighted by atomic mass is 19.1. The summed E-state index contributed by atoms with van der Waals surface area (Å²) in [4.78, 5) is 107. The molecule has 1 unspecified atom stereocenters. The minimum Gasteiger partial charge on any atom is -0.372 e. The van der Waals surface area contributed by atoms with Gasteiger partial charge in [0, 0.05) is 61.6 Å². The molecule has 0 saturated carbocycles. The predicted molar refractivity (Wildman–Crippen MR) is 252 cm³/mol. The molecule has 1 aromatic heterocycles. The highest BCUT2D eigenvalue weighted by molar-refractivity contribution is 6.26. The van der Waals surface area contributed by atoms with Gasteiger partial charge in [-0.25, -0.2) is 8.78 Å². The number of aromatic nitrogens is 1. The van der Waals surface area contributed by atoms with Gasteiger partial charge < -0.3 is 30.9 Å². The number of benzene rings is 3. The molecule has 2 saturated heterocycles. The number of piperidine rings is 1. The first kappa shape index (κ1) is 50.1. The molecular formula is C51H59F2N7O9. The number of imide groups is 2. The zero-order chi connectivity index (χ0) is 49.1. The van der Waals surface area contributed by atoms with E-state index in [-0.39, 0.29) is 73.0 Å². The van der Waals surface area contributed by atoms with E-state index in [1.165, 1.54) is 43.1 Å². The van der Waals surface area contributed by atoms with E-state index >= 15 is 0 Å². The molecule has 2 atom stereocenters. The molecule has 0 radical (unpaired) electrons. The zero-order valence-corrected chi connectivity index (χ0v) is 38.6. The van der Waals surface area contributed by atoms with Crippen LogP contribution in [0.25, 0.3) is 10.9 Å². The molecule has 0 bridgehead atoms. The van der Waals surface area contributed by atoms with Gasteiger partial charge in [0.2, 0.25) is 23.3 Å². The van der Waals surface area contributed by atoms with Crippen molar-refractivity contribution in [3.8, 4) is 0 Å². The Morgan fingerprint density at radius 1 is 0.754 bits per heavy atom. The summed E-state index contributed by atoms with van der Waals surface area (Å²) in [5.74, 6) is -6.29. The molecule has 0 aliphatic carbocycles. The van der Waals surface area contributed by atoms with Crippen LogP contribution in [0.15, 0.2) is 60.7 Å². The smallest absolute Gasteiger partial charge is 0.268 e. The number of carbonyl (C=O) groups is 8. The van der Waals surface area contributed by atoms with Crippen molar-refractivity contribution in [2.24, 2.45) is 0 Å². The number of hydrogen-bond donors (Lipinski definition) is 6. The molecule has 7 rings (SSSR count). The average Bonchev–Trinajstić information content (AvgIpc) is 3.97. The van der Waals surface area contributed by atoms with Crippen LogP contribution < -0.4 is 26.2 Å². The summed E-state index contributed by atoms with van der Waals surface area (Å²) in [7, 11) is 0. The van der Waals surface area contributed by atoms with Crippen molar-refractivity contribution in [1.82, 2.24) is 25.8 Å². The number of aromatic amines is 1. The number of aliphatic hydroxyl groups is 1. The average molecular weight is 952 g/mol. The van der Waals surface area contributed by atoms with Crippen molar-refractivity contribution in [2.45, 2.75) is 134 Å². The van der Waals surface area contributed by atoms with E-state index in [0.717, 1.165) is 68.4 Å². The number of carbonyl (C=O) groups excluding carboxylic acids is 8. The number of nitrogens with one attached hydrogen (secondary N) is 5. The first-order valence-electron chi connectivity index (χ1n) is 24.1. The third-order valence-corrected chi connectivity index (χ3v) is 13.1. The van der Waals surface area contributed by atoms with Gasteiger partial charge in [-0.3, -0.25) is 48.6 Å². The number of amides is 8. The monoisotopic (exact) mass is 951 g/mol. The van der Waals surface area contributed by atoms with Gasteiger partial charge in [-0.15, -0.1) is 0 Å². The van der Waals surface area contributed by atoms with Gasteiger partial charge in [-0.05, 0) is 73.4 Å². The Morgan fingerprint density at radius 3 is 2.07 bits per heavy atom. The van der Waals surface area contributed by atoms with Gasteiger partial charge in [0.15, 0.2) is 0 Å². The lowest BCUT2D eigenvalue weighted by molar-refractivity contribution is -0.149. The Labute approximate surface area is 398 Å². The van der Waals surface area contributed by atoms with E-state index in [1.807, 2.05) is 0 Å². The molecule has 3 aliphatic heterocycles. The predicted octanol–water partition coefficient (Wildman–Crippen LogP) is 6.85. The van der Waals surface area contributed by atoms with Crippen LogP contribution >= 0.6 is 0 Å². The normalized spacial score (nSPS) is 18.0. The minimum absolute atomic E-state index is 0.0283. The van der Waals surface area contributed by atoms with Crippen LogP contribution in [0.1, 0.15) is 152 Å². The summed E-state index contributed by atoms with van der Waals surface area (Å²) >= 11 is 0. The van der Waals surface area contributed by atoms with Gasteiger partial charge in [-0.1, -0.05) is 83.1 Å². The topological polar surface area (TPSA) is 227 Å². The second kappa shape index (κ2) is 23.0. The maximum absolute atomic E-state index is 13.6. The van der Waals surface area contributed by atoms with E-state index in [2.05, 4.69) is 26.3 Å². The van der Waals surface area contributed by atoms with E-state index in [0.29, 0.717) is 41.3 Å². The number of hydrogen-bond acceptors (Lipinski definition) is 9.